The summed E-state index contributed by atoms with van der Waals surface area (Å²) in [4.78, 5) is 33.7. The zero-order chi connectivity index (χ0) is 44.0. The van der Waals surface area contributed by atoms with E-state index in [1.807, 2.05) is 0 Å². The number of rotatable bonds is 49. The highest BCUT2D eigenvalue weighted by Crippen LogP contribution is 2.43. The maximum absolute atomic E-state index is 12.7. The number of ether oxygens (including phenoxy) is 2. The van der Waals surface area contributed by atoms with E-state index in [0.29, 0.717) is 13.0 Å². The molecule has 0 aliphatic carbocycles. The van der Waals surface area contributed by atoms with Crippen molar-refractivity contribution in [2.75, 3.05) is 26.4 Å². The van der Waals surface area contributed by atoms with Gasteiger partial charge in [0.05, 0.1) is 19.8 Å². The number of allylic oxidation sites excluding steroid dienone is 2. The molecular weight excluding hydrogens is 778 g/mol. The topological polar surface area (TPSA) is 155 Å². The minimum Gasteiger partial charge on any atom is -0.480 e. The lowest BCUT2D eigenvalue weighted by Crippen LogP contribution is -2.34. The fraction of sp³-hybridized carbons (Fsp3) is 0.918. The first-order valence-corrected chi connectivity index (χ1v) is 26.7. The SMILES string of the molecule is CCCCCCCCCC/C=C\CCCCCCCCCCCC(=O)OC(COCCCCCCCCCCCCCCCCCCC)COP(=O)(O)OCC(N)C(=O)O. The van der Waals surface area contributed by atoms with Gasteiger partial charge in [0.2, 0.25) is 0 Å². The quantitative estimate of drug-likeness (QED) is 0.0233. The monoisotopic (exact) mass is 874 g/mol. The predicted molar refractivity (Wildman–Crippen MR) is 249 cm³/mol. The van der Waals surface area contributed by atoms with Crippen LogP contribution in [0, 0.1) is 0 Å². The molecule has 11 heteroatoms. The van der Waals surface area contributed by atoms with Gasteiger partial charge < -0.3 is 25.2 Å². The van der Waals surface area contributed by atoms with Gasteiger partial charge in [-0.25, -0.2) is 4.57 Å². The molecule has 0 aliphatic rings. The molecule has 0 amide bonds. The maximum atomic E-state index is 12.7. The van der Waals surface area contributed by atoms with Crippen molar-refractivity contribution in [3.05, 3.63) is 12.2 Å². The number of esters is 1. The summed E-state index contributed by atoms with van der Waals surface area (Å²) in [7, 11) is -4.62. The summed E-state index contributed by atoms with van der Waals surface area (Å²) in [5.41, 5.74) is 5.37. The highest BCUT2D eigenvalue weighted by molar-refractivity contribution is 7.47. The second-order valence-electron chi connectivity index (χ2n) is 17.3. The van der Waals surface area contributed by atoms with E-state index in [0.717, 1.165) is 38.5 Å². The molecule has 0 aromatic heterocycles. The molecule has 3 atom stereocenters. The van der Waals surface area contributed by atoms with Gasteiger partial charge in [-0.2, -0.15) is 0 Å². The number of unbranched alkanes of at least 4 members (excludes halogenated alkanes) is 33. The number of hydrogen-bond acceptors (Lipinski definition) is 8. The predicted octanol–water partition coefficient (Wildman–Crippen LogP) is 14.5. The van der Waals surface area contributed by atoms with Crippen molar-refractivity contribution >= 4 is 19.8 Å². The molecule has 0 rings (SSSR count). The van der Waals surface area contributed by atoms with Gasteiger partial charge in [0.15, 0.2) is 0 Å². The van der Waals surface area contributed by atoms with E-state index in [4.69, 9.17) is 29.4 Å². The average Bonchev–Trinajstić information content (AvgIpc) is 3.23. The third-order valence-electron chi connectivity index (χ3n) is 11.3. The number of carboxylic acid groups (broad SMARTS) is 1. The lowest BCUT2D eigenvalue weighted by atomic mass is 10.0. The molecule has 3 unspecified atom stereocenters. The van der Waals surface area contributed by atoms with Crippen molar-refractivity contribution < 1.29 is 42.7 Å². The molecule has 0 saturated carbocycles. The van der Waals surface area contributed by atoms with Crippen LogP contribution in [0.2, 0.25) is 0 Å². The van der Waals surface area contributed by atoms with E-state index in [1.54, 1.807) is 0 Å². The Morgan fingerprint density at radius 3 is 1.27 bits per heavy atom. The fourth-order valence-corrected chi connectivity index (χ4v) is 8.14. The van der Waals surface area contributed by atoms with Crippen molar-refractivity contribution in [1.29, 1.82) is 0 Å². The molecule has 0 radical (unpaired) electrons. The van der Waals surface area contributed by atoms with Gasteiger partial charge >= 0.3 is 19.8 Å². The Labute approximate surface area is 369 Å². The summed E-state index contributed by atoms with van der Waals surface area (Å²) in [5, 5.41) is 8.92. The molecule has 0 aromatic rings. The molecule has 60 heavy (non-hydrogen) atoms. The Kier molecular flexibility index (Phi) is 44.7. The van der Waals surface area contributed by atoms with Crippen LogP contribution in [0.15, 0.2) is 12.2 Å². The molecular formula is C49H96NO9P. The van der Waals surface area contributed by atoms with Crippen molar-refractivity contribution in [3.8, 4) is 0 Å². The molecule has 0 aliphatic heterocycles. The third-order valence-corrected chi connectivity index (χ3v) is 12.2. The highest BCUT2D eigenvalue weighted by Gasteiger charge is 2.27. The number of carboxylic acids is 1. The number of carbonyl (C=O) groups excluding carboxylic acids is 1. The van der Waals surface area contributed by atoms with Crippen LogP contribution in [-0.2, 0) is 32.7 Å². The average molecular weight is 874 g/mol. The Hall–Kier alpha value is -1.29. The fourth-order valence-electron chi connectivity index (χ4n) is 7.37. The maximum Gasteiger partial charge on any atom is 0.472 e. The van der Waals surface area contributed by atoms with Crippen molar-refractivity contribution in [2.24, 2.45) is 5.73 Å². The van der Waals surface area contributed by atoms with E-state index in [-0.39, 0.29) is 13.0 Å². The van der Waals surface area contributed by atoms with Crippen LogP contribution in [0.5, 0.6) is 0 Å². The van der Waals surface area contributed by atoms with Crippen LogP contribution in [-0.4, -0.2) is 60.5 Å². The first kappa shape index (κ1) is 58.7. The second kappa shape index (κ2) is 45.7. The molecule has 10 nitrogen and oxygen atoms in total. The van der Waals surface area contributed by atoms with Crippen LogP contribution < -0.4 is 5.73 Å². The number of aliphatic carboxylic acids is 1. The van der Waals surface area contributed by atoms with E-state index >= 15 is 0 Å². The van der Waals surface area contributed by atoms with Crippen molar-refractivity contribution in [2.45, 2.75) is 264 Å². The van der Waals surface area contributed by atoms with Crippen LogP contribution >= 0.6 is 7.82 Å². The third kappa shape index (κ3) is 44.8. The Morgan fingerprint density at radius 2 is 0.867 bits per heavy atom. The lowest BCUT2D eigenvalue weighted by Gasteiger charge is -2.20. The van der Waals surface area contributed by atoms with Crippen LogP contribution in [0.4, 0.5) is 0 Å². The number of hydrogen-bond donors (Lipinski definition) is 3. The minimum absolute atomic E-state index is 0.0227. The molecule has 0 heterocycles. The summed E-state index contributed by atoms with van der Waals surface area (Å²) in [5.74, 6) is -1.77. The zero-order valence-electron chi connectivity index (χ0n) is 39.1. The summed E-state index contributed by atoms with van der Waals surface area (Å²) >= 11 is 0. The van der Waals surface area contributed by atoms with Gasteiger partial charge in [-0.3, -0.25) is 18.6 Å². The van der Waals surface area contributed by atoms with Crippen molar-refractivity contribution in [3.63, 3.8) is 0 Å². The lowest BCUT2D eigenvalue weighted by molar-refractivity contribution is -0.154. The summed E-state index contributed by atoms with van der Waals surface area (Å²) in [6.45, 7) is 3.94. The standard InChI is InChI=1S/C49H96NO9P/c1-3-5-7-9-11-13-15-17-19-21-22-23-24-25-27-29-31-33-35-37-39-41-48(51)59-46(44-57-60(54,55)58-45-47(50)49(52)53)43-56-42-40-38-36-34-32-30-28-26-20-18-16-14-12-10-8-6-4-2/h21-22,46-47H,3-20,23-45,50H2,1-2H3,(H,52,53)(H,54,55)/b22-21-. The van der Waals surface area contributed by atoms with E-state index in [2.05, 4.69) is 26.0 Å². The Morgan fingerprint density at radius 1 is 0.517 bits per heavy atom. The highest BCUT2D eigenvalue weighted by atomic mass is 31.2. The van der Waals surface area contributed by atoms with E-state index in [1.165, 1.54) is 186 Å². The van der Waals surface area contributed by atoms with E-state index in [9.17, 15) is 19.0 Å². The first-order valence-electron chi connectivity index (χ1n) is 25.2. The van der Waals surface area contributed by atoms with Crippen LogP contribution in [0.3, 0.4) is 0 Å². The Balaban J connectivity index is 4.11. The summed E-state index contributed by atoms with van der Waals surface area (Å²) in [6.07, 6.45) is 49.8. The zero-order valence-corrected chi connectivity index (χ0v) is 40.0. The van der Waals surface area contributed by atoms with Gasteiger partial charge in [0.25, 0.3) is 0 Å². The van der Waals surface area contributed by atoms with Gasteiger partial charge in [-0.1, -0.05) is 219 Å². The normalized spacial score (nSPS) is 13.8. The number of nitrogens with two attached hydrogens (primary N) is 1. The number of carbonyl (C=O) groups is 2. The van der Waals surface area contributed by atoms with Crippen molar-refractivity contribution in [1.82, 2.24) is 0 Å². The number of phosphoric acid groups is 1. The summed E-state index contributed by atoms with van der Waals surface area (Å²) in [6, 6.07) is -1.47. The van der Waals surface area contributed by atoms with Gasteiger partial charge in [0.1, 0.15) is 12.1 Å². The molecule has 0 fully saturated rings. The van der Waals surface area contributed by atoms with Crippen LogP contribution in [0.25, 0.3) is 0 Å². The molecule has 356 valence electrons. The second-order valence-corrected chi connectivity index (χ2v) is 18.8. The first-order chi connectivity index (χ1) is 29.2. The largest absolute Gasteiger partial charge is 0.480 e. The molecule has 0 spiro atoms. The molecule has 4 N–H and O–H groups in total. The van der Waals surface area contributed by atoms with Crippen LogP contribution in [0.1, 0.15) is 251 Å². The van der Waals surface area contributed by atoms with Gasteiger partial charge in [-0.05, 0) is 38.5 Å². The van der Waals surface area contributed by atoms with Gasteiger partial charge in [0, 0.05) is 13.0 Å². The Bertz CT molecular complexity index is 1010. The molecule has 0 saturated heterocycles. The minimum atomic E-state index is -4.62. The smallest absolute Gasteiger partial charge is 0.472 e. The summed E-state index contributed by atoms with van der Waals surface area (Å²) < 4.78 is 33.5. The molecule has 0 aromatic carbocycles. The molecule has 0 bridgehead atoms. The number of phosphoric ester groups is 1. The van der Waals surface area contributed by atoms with Gasteiger partial charge in [-0.15, -0.1) is 0 Å². The van der Waals surface area contributed by atoms with E-state index < -0.39 is 45.1 Å².